The Labute approximate surface area is 204 Å². The molecule has 1 aliphatic carbocycles. The highest BCUT2D eigenvalue weighted by molar-refractivity contribution is 7.89. The van der Waals surface area contributed by atoms with Crippen molar-refractivity contribution in [2.24, 2.45) is 0 Å². The zero-order chi connectivity index (χ0) is 24.8. The van der Waals surface area contributed by atoms with E-state index in [-0.39, 0.29) is 4.90 Å². The monoisotopic (exact) mass is 496 g/mol. The number of amides is 4. The number of nitrogens with one attached hydrogen (secondary N) is 2. The van der Waals surface area contributed by atoms with Gasteiger partial charge < -0.3 is 10.6 Å². The molecule has 3 aliphatic rings. The normalized spacial score (nSPS) is 22.4. The molecule has 0 radical (unpaired) electrons. The first-order valence-corrected chi connectivity index (χ1v) is 13.3. The molecule has 10 heteroatoms. The molecule has 184 valence electrons. The summed E-state index contributed by atoms with van der Waals surface area (Å²) in [5, 5.41) is 5.45. The van der Waals surface area contributed by atoms with Crippen LogP contribution >= 0.6 is 0 Å². The summed E-state index contributed by atoms with van der Waals surface area (Å²) < 4.78 is 27.8. The van der Waals surface area contributed by atoms with Gasteiger partial charge in [-0.3, -0.25) is 14.5 Å². The van der Waals surface area contributed by atoms with Crippen molar-refractivity contribution in [1.82, 2.24) is 14.5 Å². The van der Waals surface area contributed by atoms with Gasteiger partial charge in [0.05, 0.1) is 4.90 Å². The Bertz CT molecular complexity index is 1320. The molecule has 35 heavy (non-hydrogen) atoms. The van der Waals surface area contributed by atoms with Crippen LogP contribution in [0.3, 0.4) is 0 Å². The summed E-state index contributed by atoms with van der Waals surface area (Å²) in [5.41, 5.74) is 1.53. The van der Waals surface area contributed by atoms with Crippen molar-refractivity contribution in [3.8, 4) is 0 Å². The molecule has 0 aromatic heterocycles. The summed E-state index contributed by atoms with van der Waals surface area (Å²) in [5.74, 6) is -1.03. The topological polar surface area (TPSA) is 116 Å². The van der Waals surface area contributed by atoms with E-state index in [0.717, 1.165) is 35.3 Å². The molecule has 0 bridgehead atoms. The third-order valence-corrected chi connectivity index (χ3v) is 9.17. The summed E-state index contributed by atoms with van der Waals surface area (Å²) in [6.45, 7) is 2.22. The Morgan fingerprint density at radius 2 is 1.83 bits per heavy atom. The molecule has 5 rings (SSSR count). The van der Waals surface area contributed by atoms with Gasteiger partial charge in [-0.15, -0.1) is 0 Å². The maximum absolute atomic E-state index is 13.3. The molecule has 0 unspecified atom stereocenters. The zero-order valence-corrected chi connectivity index (χ0v) is 20.4. The highest BCUT2D eigenvalue weighted by Crippen LogP contribution is 2.41. The lowest BCUT2D eigenvalue weighted by Crippen LogP contribution is -2.43. The Morgan fingerprint density at radius 1 is 1.09 bits per heavy atom. The molecule has 2 aromatic carbocycles. The van der Waals surface area contributed by atoms with E-state index in [1.165, 1.54) is 10.4 Å². The molecule has 0 saturated carbocycles. The minimum atomic E-state index is -3.68. The van der Waals surface area contributed by atoms with E-state index in [0.29, 0.717) is 37.2 Å². The van der Waals surface area contributed by atoms with Gasteiger partial charge >= 0.3 is 6.03 Å². The summed E-state index contributed by atoms with van der Waals surface area (Å²) >= 11 is 0. The van der Waals surface area contributed by atoms with Crippen LogP contribution in [0.25, 0.3) is 0 Å². The fourth-order valence-corrected chi connectivity index (χ4v) is 7.05. The lowest BCUT2D eigenvalue weighted by atomic mass is 9.92. The largest absolute Gasteiger partial charge is 0.325 e. The smallest absolute Gasteiger partial charge is 0.324 e. The Balaban J connectivity index is 1.32. The molecule has 2 aromatic rings. The molecular weight excluding hydrogens is 468 g/mol. The number of rotatable bonds is 5. The van der Waals surface area contributed by atoms with Crippen LogP contribution in [-0.4, -0.2) is 55.1 Å². The Morgan fingerprint density at radius 3 is 2.60 bits per heavy atom. The molecule has 1 atom stereocenters. The maximum Gasteiger partial charge on any atom is 0.325 e. The van der Waals surface area contributed by atoms with Crippen molar-refractivity contribution in [3.63, 3.8) is 0 Å². The predicted molar refractivity (Wildman–Crippen MR) is 129 cm³/mol. The number of urea groups is 1. The molecular formula is C25H28N4O5S. The highest BCUT2D eigenvalue weighted by Gasteiger charge is 2.55. The van der Waals surface area contributed by atoms with Gasteiger partial charge in [0.15, 0.2) is 0 Å². The predicted octanol–water partition coefficient (Wildman–Crippen LogP) is 2.50. The molecule has 4 amide bonds. The van der Waals surface area contributed by atoms with Crippen LogP contribution in [0.15, 0.2) is 47.4 Å². The average molecular weight is 497 g/mol. The van der Waals surface area contributed by atoms with Crippen molar-refractivity contribution in [2.45, 2.75) is 49.5 Å². The van der Waals surface area contributed by atoms with Crippen LogP contribution in [0.2, 0.25) is 0 Å². The van der Waals surface area contributed by atoms with Gasteiger partial charge in [-0.2, -0.15) is 4.31 Å². The summed E-state index contributed by atoms with van der Waals surface area (Å²) in [6, 6.07) is 11.6. The number of hydrogen-bond acceptors (Lipinski definition) is 5. The molecule has 2 fully saturated rings. The molecule has 2 aliphatic heterocycles. The van der Waals surface area contributed by atoms with E-state index in [1.54, 1.807) is 19.1 Å². The second kappa shape index (κ2) is 8.76. The number of imide groups is 1. The van der Waals surface area contributed by atoms with Crippen LogP contribution in [-0.2, 0) is 31.6 Å². The second-order valence-electron chi connectivity index (χ2n) is 9.38. The van der Waals surface area contributed by atoms with Crippen LogP contribution in [0, 0.1) is 6.92 Å². The van der Waals surface area contributed by atoms with Crippen molar-refractivity contribution < 1.29 is 22.8 Å². The van der Waals surface area contributed by atoms with Gasteiger partial charge in [0.25, 0.3) is 5.91 Å². The molecule has 2 saturated heterocycles. The van der Waals surface area contributed by atoms with Crippen LogP contribution in [0.4, 0.5) is 10.5 Å². The number of benzene rings is 2. The minimum Gasteiger partial charge on any atom is -0.324 e. The van der Waals surface area contributed by atoms with Crippen molar-refractivity contribution in [3.05, 3.63) is 59.2 Å². The number of carbonyl (C=O) groups is 3. The highest BCUT2D eigenvalue weighted by atomic mass is 32.2. The van der Waals surface area contributed by atoms with Crippen molar-refractivity contribution >= 4 is 33.6 Å². The van der Waals surface area contributed by atoms with Gasteiger partial charge in [0.1, 0.15) is 12.1 Å². The first-order chi connectivity index (χ1) is 16.7. The number of hydrogen-bond donors (Lipinski definition) is 2. The molecule has 2 N–H and O–H groups in total. The second-order valence-corrected chi connectivity index (χ2v) is 11.3. The van der Waals surface area contributed by atoms with Gasteiger partial charge in [0.2, 0.25) is 15.9 Å². The number of carbonyl (C=O) groups excluding carboxylic acids is 3. The fourth-order valence-electron chi connectivity index (χ4n) is 5.28. The average Bonchev–Trinajstić information content (AvgIpc) is 3.33. The van der Waals surface area contributed by atoms with E-state index >= 15 is 0 Å². The number of aryl methyl sites for hydroxylation is 2. The van der Waals surface area contributed by atoms with Gasteiger partial charge in [-0.05, 0) is 61.4 Å². The minimum absolute atomic E-state index is 0.147. The SMILES string of the molecule is Cc1ccc(NC(=O)CN2C(=O)N[C@]3(CCc4ccccc43)C2=O)cc1S(=O)(=O)N1CCCCC1. The first kappa shape index (κ1) is 23.5. The van der Waals surface area contributed by atoms with E-state index in [2.05, 4.69) is 10.6 Å². The van der Waals surface area contributed by atoms with E-state index in [1.807, 2.05) is 24.3 Å². The standard InChI is InChI=1S/C25H28N4O5S/c1-17-9-10-19(15-21(17)35(33,34)28-13-5-2-6-14-28)26-22(30)16-29-23(31)25(27-24(29)32)12-11-18-7-3-4-8-20(18)25/h3-4,7-10,15H,2,5-6,11-14,16H2,1H3,(H,26,30)(H,27,32)/t25-/m0/s1. The van der Waals surface area contributed by atoms with Gasteiger partial charge in [-0.25, -0.2) is 13.2 Å². The lowest BCUT2D eigenvalue weighted by Gasteiger charge is -2.26. The van der Waals surface area contributed by atoms with Crippen LogP contribution in [0.5, 0.6) is 0 Å². The Hall–Kier alpha value is -3.24. The number of piperidine rings is 1. The molecule has 1 spiro atoms. The summed E-state index contributed by atoms with van der Waals surface area (Å²) in [4.78, 5) is 39.8. The quantitative estimate of drug-likeness (QED) is 0.617. The number of fused-ring (bicyclic) bond motifs is 2. The Kier molecular flexibility index (Phi) is 5.88. The van der Waals surface area contributed by atoms with Crippen molar-refractivity contribution in [1.29, 1.82) is 0 Å². The number of anilines is 1. The van der Waals surface area contributed by atoms with Crippen molar-refractivity contribution in [2.75, 3.05) is 25.0 Å². The number of sulfonamides is 1. The molecule has 2 heterocycles. The van der Waals surface area contributed by atoms with E-state index < -0.39 is 40.0 Å². The third-order valence-electron chi connectivity index (χ3n) is 7.13. The first-order valence-electron chi connectivity index (χ1n) is 11.9. The third kappa shape index (κ3) is 4.00. The fraction of sp³-hybridized carbons (Fsp3) is 0.400. The van der Waals surface area contributed by atoms with Crippen LogP contribution in [0.1, 0.15) is 42.4 Å². The zero-order valence-electron chi connectivity index (χ0n) is 19.5. The maximum atomic E-state index is 13.3. The lowest BCUT2D eigenvalue weighted by molar-refractivity contribution is -0.134. The van der Waals surface area contributed by atoms with Gasteiger partial charge in [-0.1, -0.05) is 36.8 Å². The molecule has 9 nitrogen and oxygen atoms in total. The van der Waals surface area contributed by atoms with E-state index in [9.17, 15) is 22.8 Å². The van der Waals surface area contributed by atoms with Gasteiger partial charge in [0, 0.05) is 18.8 Å². The summed E-state index contributed by atoms with van der Waals surface area (Å²) in [7, 11) is -3.68. The van der Waals surface area contributed by atoms with E-state index in [4.69, 9.17) is 0 Å². The summed E-state index contributed by atoms with van der Waals surface area (Å²) in [6.07, 6.45) is 3.78. The van der Waals surface area contributed by atoms with Crippen LogP contribution < -0.4 is 10.6 Å². The number of nitrogens with zero attached hydrogens (tertiary/aromatic N) is 2.